The first kappa shape index (κ1) is 18.3. The number of anilines is 3. The second-order valence-corrected chi connectivity index (χ2v) is 9.13. The van der Waals surface area contributed by atoms with Crippen molar-refractivity contribution in [2.75, 3.05) is 23.5 Å². The van der Waals surface area contributed by atoms with Crippen LogP contribution in [0.4, 0.5) is 17.8 Å². The summed E-state index contributed by atoms with van der Waals surface area (Å²) in [6, 6.07) is 5.49. The van der Waals surface area contributed by atoms with Gasteiger partial charge in [0.1, 0.15) is 21.8 Å². The van der Waals surface area contributed by atoms with Crippen LogP contribution in [0.1, 0.15) is 13.8 Å². The molecule has 0 fully saturated rings. The van der Waals surface area contributed by atoms with Gasteiger partial charge in [-0.15, -0.1) is 0 Å². The molecule has 4 rings (SSSR count). The van der Waals surface area contributed by atoms with Gasteiger partial charge in [-0.25, -0.2) is 4.68 Å². The summed E-state index contributed by atoms with van der Waals surface area (Å²) in [5.41, 5.74) is 20.6. The minimum Gasteiger partial charge on any atom is -0.616 e. The van der Waals surface area contributed by atoms with Gasteiger partial charge in [0.2, 0.25) is 5.95 Å². The van der Waals surface area contributed by atoms with Crippen molar-refractivity contribution in [3.8, 4) is 11.3 Å². The minimum absolute atomic E-state index is 0.0489. The molecule has 1 atom stereocenters. The summed E-state index contributed by atoms with van der Waals surface area (Å²) >= 11 is -1.08. The highest BCUT2D eigenvalue weighted by atomic mass is 32.2. The van der Waals surface area contributed by atoms with Crippen molar-refractivity contribution < 1.29 is 8.97 Å². The highest BCUT2D eigenvalue weighted by Crippen LogP contribution is 2.34. The molecule has 11 heteroatoms. The van der Waals surface area contributed by atoms with E-state index in [1.807, 2.05) is 19.9 Å². The number of nitrogens with zero attached hydrogens (tertiary/aromatic N) is 5. The molecule has 3 aromatic heterocycles. The van der Waals surface area contributed by atoms with E-state index in [0.29, 0.717) is 34.4 Å². The van der Waals surface area contributed by atoms with E-state index in [2.05, 4.69) is 15.0 Å². The molecule has 0 aliphatic rings. The molecular formula is C17H20N8O2S. The number of nitrogens with two attached hydrogens (primary N) is 3. The van der Waals surface area contributed by atoms with Crippen molar-refractivity contribution in [1.82, 2.24) is 24.7 Å². The molecule has 0 saturated heterocycles. The summed E-state index contributed by atoms with van der Waals surface area (Å²) in [5.74, 6) is 0.270. The second-order valence-electron chi connectivity index (χ2n) is 7.12. The Hall–Kier alpha value is -3.05. The Kier molecular flexibility index (Phi) is 4.08. The highest BCUT2D eigenvalue weighted by molar-refractivity contribution is 7.92. The smallest absolute Gasteiger partial charge is 0.292 e. The molecule has 3 heterocycles. The molecule has 0 aliphatic carbocycles. The van der Waals surface area contributed by atoms with Gasteiger partial charge >= 0.3 is 0 Å². The second kappa shape index (κ2) is 6.24. The van der Waals surface area contributed by atoms with E-state index in [1.165, 1.54) is 0 Å². The number of aromatic nitrogens is 5. The lowest BCUT2D eigenvalue weighted by molar-refractivity contribution is 0.484. The molecule has 1 aromatic carbocycles. The van der Waals surface area contributed by atoms with E-state index in [1.54, 1.807) is 23.1 Å². The summed E-state index contributed by atoms with van der Waals surface area (Å²) in [5, 5.41) is 5.27. The van der Waals surface area contributed by atoms with E-state index in [-0.39, 0.29) is 17.8 Å². The van der Waals surface area contributed by atoms with Crippen LogP contribution in [0.25, 0.3) is 33.4 Å². The van der Waals surface area contributed by atoms with Crippen LogP contribution in [-0.2, 0) is 17.7 Å². The third-order valence-corrected chi connectivity index (χ3v) is 6.31. The van der Waals surface area contributed by atoms with Gasteiger partial charge in [-0.2, -0.15) is 20.1 Å². The lowest BCUT2D eigenvalue weighted by Crippen LogP contribution is -2.36. The van der Waals surface area contributed by atoms with Gasteiger partial charge in [-0.1, -0.05) is 0 Å². The predicted octanol–water partition coefficient (Wildman–Crippen LogP) is 1.54. The Balaban J connectivity index is 1.94. The minimum atomic E-state index is -1.08. The Labute approximate surface area is 163 Å². The van der Waals surface area contributed by atoms with Crippen molar-refractivity contribution in [2.24, 2.45) is 0 Å². The number of hydrogen-bond donors (Lipinski definition) is 3. The molecule has 10 nitrogen and oxygen atoms in total. The average molecular weight is 400 g/mol. The fourth-order valence-electron chi connectivity index (χ4n) is 2.97. The van der Waals surface area contributed by atoms with Crippen LogP contribution in [0.15, 0.2) is 22.6 Å². The first-order valence-electron chi connectivity index (χ1n) is 8.45. The molecule has 0 saturated carbocycles. The van der Waals surface area contributed by atoms with Gasteiger partial charge in [-0.05, 0) is 43.2 Å². The Morgan fingerprint density at radius 1 is 1.18 bits per heavy atom. The molecule has 0 aliphatic heterocycles. The molecule has 0 bridgehead atoms. The maximum atomic E-state index is 12.1. The predicted molar refractivity (Wildman–Crippen MR) is 110 cm³/mol. The number of benzene rings is 1. The molecular weight excluding hydrogens is 380 g/mol. The fourth-order valence-corrected chi connectivity index (χ4v) is 3.28. The van der Waals surface area contributed by atoms with Crippen molar-refractivity contribution >= 4 is 51.1 Å². The zero-order valence-electron chi connectivity index (χ0n) is 15.6. The van der Waals surface area contributed by atoms with Crippen molar-refractivity contribution in [3.05, 3.63) is 18.2 Å². The van der Waals surface area contributed by atoms with Crippen LogP contribution >= 0.6 is 0 Å². The largest absolute Gasteiger partial charge is 0.616 e. The monoisotopic (exact) mass is 400 g/mol. The van der Waals surface area contributed by atoms with Crippen LogP contribution in [0.2, 0.25) is 0 Å². The molecule has 6 N–H and O–H groups in total. The topological polar surface area (TPSA) is 171 Å². The zero-order chi connectivity index (χ0) is 20.2. The van der Waals surface area contributed by atoms with Gasteiger partial charge in [0.05, 0.1) is 18.2 Å². The SMILES string of the molecule is C[S+]([O-])C(C)(C)Cn1nc(-c2ccc3oc(N)nc3c2)c2c(N)nc(N)nc21. The summed E-state index contributed by atoms with van der Waals surface area (Å²) in [6.07, 6.45) is 1.66. The molecule has 28 heavy (non-hydrogen) atoms. The van der Waals surface area contributed by atoms with Crippen LogP contribution in [0.3, 0.4) is 0 Å². The van der Waals surface area contributed by atoms with Crippen LogP contribution in [0.5, 0.6) is 0 Å². The summed E-state index contributed by atoms with van der Waals surface area (Å²) < 4.78 is 18.6. The summed E-state index contributed by atoms with van der Waals surface area (Å²) in [4.78, 5) is 12.6. The average Bonchev–Trinajstić information content (AvgIpc) is 3.13. The maximum absolute atomic E-state index is 12.1. The first-order chi connectivity index (χ1) is 13.2. The Morgan fingerprint density at radius 2 is 1.93 bits per heavy atom. The van der Waals surface area contributed by atoms with Gasteiger partial charge in [0, 0.05) is 5.56 Å². The van der Waals surface area contributed by atoms with Gasteiger partial charge in [0.15, 0.2) is 11.2 Å². The standard InChI is InChI=1S/C17H20N8O2S/c1-17(2,28(3)26)7-25-14-11(13(18)22-15(19)23-14)12(24-25)8-4-5-10-9(6-8)21-16(20)27-10/h4-6H,7H2,1-3H3,(H2,20,21)(H4,18,19,22,23). The lowest BCUT2D eigenvalue weighted by Gasteiger charge is -2.25. The molecule has 4 aromatic rings. The molecule has 146 valence electrons. The summed E-state index contributed by atoms with van der Waals surface area (Å²) in [7, 11) is 0. The van der Waals surface area contributed by atoms with E-state index < -0.39 is 15.9 Å². The third-order valence-electron chi connectivity index (χ3n) is 4.62. The van der Waals surface area contributed by atoms with E-state index in [9.17, 15) is 4.55 Å². The number of oxazole rings is 1. The van der Waals surface area contributed by atoms with Crippen LogP contribution < -0.4 is 17.2 Å². The maximum Gasteiger partial charge on any atom is 0.292 e. The van der Waals surface area contributed by atoms with Crippen molar-refractivity contribution in [2.45, 2.75) is 25.1 Å². The Morgan fingerprint density at radius 3 is 2.64 bits per heavy atom. The van der Waals surface area contributed by atoms with Gasteiger partial charge < -0.3 is 26.2 Å². The third kappa shape index (κ3) is 2.98. The van der Waals surface area contributed by atoms with E-state index in [0.717, 1.165) is 5.56 Å². The number of rotatable bonds is 4. The van der Waals surface area contributed by atoms with Crippen molar-refractivity contribution in [1.29, 1.82) is 0 Å². The van der Waals surface area contributed by atoms with Gasteiger partial charge in [0.25, 0.3) is 6.01 Å². The molecule has 0 spiro atoms. The number of hydrogen-bond acceptors (Lipinski definition) is 9. The normalized spacial score (nSPS) is 13.4. The van der Waals surface area contributed by atoms with Crippen LogP contribution in [-0.4, -0.2) is 40.3 Å². The molecule has 0 amide bonds. The van der Waals surface area contributed by atoms with Crippen molar-refractivity contribution in [3.63, 3.8) is 0 Å². The van der Waals surface area contributed by atoms with E-state index >= 15 is 0 Å². The number of nitrogen functional groups attached to an aromatic ring is 3. The van der Waals surface area contributed by atoms with Gasteiger partial charge in [-0.3, -0.25) is 0 Å². The highest BCUT2D eigenvalue weighted by Gasteiger charge is 2.31. The quantitative estimate of drug-likeness (QED) is 0.430. The van der Waals surface area contributed by atoms with Crippen LogP contribution in [0, 0.1) is 0 Å². The molecule has 1 unspecified atom stereocenters. The van der Waals surface area contributed by atoms with E-state index in [4.69, 9.17) is 26.7 Å². The fraction of sp³-hybridized carbons (Fsp3) is 0.294. The molecule has 0 radical (unpaired) electrons. The summed E-state index contributed by atoms with van der Waals surface area (Å²) in [6.45, 7) is 4.16. The number of fused-ring (bicyclic) bond motifs is 2. The first-order valence-corrected chi connectivity index (χ1v) is 10.0. The lowest BCUT2D eigenvalue weighted by atomic mass is 10.1. The Bertz CT molecular complexity index is 1200. The zero-order valence-corrected chi connectivity index (χ0v) is 16.4.